The first-order chi connectivity index (χ1) is 5.69. The van der Waals surface area contributed by atoms with Gasteiger partial charge in [-0.15, -0.1) is 0 Å². The molecule has 0 unspecified atom stereocenters. The molecule has 13 heavy (non-hydrogen) atoms. The molecular formula is C7H12ClF2INU-2. The molecule has 6 heteroatoms. The van der Waals surface area contributed by atoms with Crippen molar-refractivity contribution in [3.8, 4) is 0 Å². The summed E-state index contributed by atoms with van der Waals surface area (Å²) in [5.41, 5.74) is 0. The number of hydrogen-bond acceptors (Lipinski definition) is 1. The molecule has 0 aromatic rings. The maximum absolute atomic E-state index is 10.3. The van der Waals surface area contributed by atoms with E-state index in [4.69, 9.17) is 5.41 Å². The van der Waals surface area contributed by atoms with E-state index < -0.39 is 26.1 Å². The molecule has 0 heterocycles. The molecule has 0 bridgehead atoms. The Bertz CT molecular complexity index is 168. The van der Waals surface area contributed by atoms with Crippen LogP contribution in [0.5, 0.6) is 0 Å². The normalized spacial score (nSPS) is 10.0. The third kappa shape index (κ3) is 24.7. The molecule has 1 N–H and O–H groups in total. The fraction of sp³-hybridized carbons (Fsp3) is 0.429. The van der Waals surface area contributed by atoms with Crippen molar-refractivity contribution in [3.05, 3.63) is 19.6 Å². The Balaban J connectivity index is 0. The Kier molecular flexibility index (Phi) is 11.1. The zero-order valence-electron chi connectivity index (χ0n) is 7.50. The van der Waals surface area contributed by atoms with Gasteiger partial charge in [0.2, 0.25) is 0 Å². The van der Waals surface area contributed by atoms with Gasteiger partial charge in [-0.1, -0.05) is 0 Å². The van der Waals surface area contributed by atoms with Gasteiger partial charge in [0.1, 0.15) is 0 Å². The molecule has 0 aromatic heterocycles. The van der Waals surface area contributed by atoms with Crippen LogP contribution in [0.1, 0.15) is 13.8 Å². The average molecular weight is 549 g/mol. The fourth-order valence-electron chi connectivity index (χ4n) is 0.314. The van der Waals surface area contributed by atoms with Gasteiger partial charge in [0.25, 0.3) is 0 Å². The second-order valence-electron chi connectivity index (χ2n) is 2.58. The zero-order chi connectivity index (χ0) is 11.1. The van der Waals surface area contributed by atoms with E-state index in [9.17, 15) is 4.20 Å². The van der Waals surface area contributed by atoms with Gasteiger partial charge in [-0.05, 0) is 0 Å². The van der Waals surface area contributed by atoms with E-state index in [-0.39, 0.29) is 24.6 Å². The van der Waals surface area contributed by atoms with Gasteiger partial charge in [-0.2, -0.15) is 0 Å². The number of allylic oxidation sites excluding steroid dienone is 1. The standard InChI is InChI=1S/C7H12IN.ClH.2FH.U/c1-5-6(9)8-7(2,3)4;;;;/h5,9H,1-2H2,3-4H3;3*1H;/q-2;;;;+3/p-3. The summed E-state index contributed by atoms with van der Waals surface area (Å²) >= 11 is -4.48. The van der Waals surface area contributed by atoms with Crippen molar-refractivity contribution in [2.24, 2.45) is 0 Å². The quantitative estimate of drug-likeness (QED) is 0.229. The molecule has 0 radical (unpaired) electrons. The van der Waals surface area contributed by atoms with E-state index >= 15 is 0 Å². The van der Waals surface area contributed by atoms with Crippen molar-refractivity contribution in [2.75, 3.05) is 0 Å². The summed E-state index contributed by atoms with van der Waals surface area (Å²) in [5, 5.41) is 7.28. The molecule has 0 saturated carbocycles. The van der Waals surface area contributed by atoms with E-state index in [2.05, 4.69) is 35.0 Å². The first kappa shape index (κ1) is 16.8. The molecule has 0 aliphatic rings. The number of nitrogens with one attached hydrogen (secondary N) is 1. The summed E-state index contributed by atoms with van der Waals surface area (Å²) in [4.78, 5) is 0. The summed E-state index contributed by atoms with van der Waals surface area (Å²) in [6.45, 7) is 11.5. The van der Waals surface area contributed by atoms with Crippen LogP contribution in [0.25, 0.3) is 0 Å². The summed E-state index contributed by atoms with van der Waals surface area (Å²) < 4.78 is 21.4. The van der Waals surface area contributed by atoms with Crippen molar-refractivity contribution in [3.63, 3.8) is 0 Å². The van der Waals surface area contributed by atoms with Gasteiger partial charge in [0.05, 0.1) is 0 Å². The fourth-order valence-corrected chi connectivity index (χ4v) is 2.11. The van der Waals surface area contributed by atoms with Gasteiger partial charge in [-0.25, -0.2) is 0 Å². The molecule has 79 valence electrons. The Hall–Kier alpha value is 1.34. The third-order valence-electron chi connectivity index (χ3n) is 0.537. The maximum atomic E-state index is 10.3. The van der Waals surface area contributed by atoms with Gasteiger partial charge in [0.15, 0.2) is 0 Å². The molecule has 0 aliphatic carbocycles. The summed E-state index contributed by atoms with van der Waals surface area (Å²) in [6, 6.07) is 0. The van der Waals surface area contributed by atoms with Crippen LogP contribution in [0.2, 0.25) is 0 Å². The van der Waals surface area contributed by atoms with Crippen LogP contribution in [0, 0.1) is 38.4 Å². The van der Waals surface area contributed by atoms with Crippen LogP contribution < -0.4 is 21.2 Å². The van der Waals surface area contributed by atoms with Gasteiger partial charge >= 0.3 is 105 Å². The van der Waals surface area contributed by atoms with Crippen molar-refractivity contribution in [1.29, 1.82) is 5.41 Å². The Morgan fingerprint density at radius 3 is 2.08 bits per heavy atom. The van der Waals surface area contributed by atoms with E-state index in [1.54, 1.807) is 6.08 Å². The number of alkyl halides is 1. The van der Waals surface area contributed by atoms with Crippen LogP contribution in [0.15, 0.2) is 12.7 Å². The molecule has 0 rings (SSSR count). The van der Waals surface area contributed by atoms with Crippen LogP contribution in [0.4, 0.5) is 4.20 Å². The summed E-state index contributed by atoms with van der Waals surface area (Å²) in [6.07, 6.45) is 1.61. The summed E-state index contributed by atoms with van der Waals surface area (Å²) in [5.74, 6) is 0. The predicted octanol–water partition coefficient (Wildman–Crippen LogP) is 0.381. The topological polar surface area (TPSA) is 23.9 Å². The zero-order valence-corrected chi connectivity index (χ0v) is 14.6. The molecule has 0 atom stereocenters. The number of halogens is 4. The monoisotopic (exact) mass is 548 g/mol. The Labute approximate surface area is 104 Å². The second kappa shape index (κ2) is 8.63. The van der Waals surface area contributed by atoms with Crippen molar-refractivity contribution in [1.82, 2.24) is 0 Å². The Morgan fingerprint density at radius 1 is 1.69 bits per heavy atom. The molecule has 0 aromatic carbocycles. The van der Waals surface area contributed by atoms with Crippen LogP contribution in [0.3, 0.4) is 0 Å². The summed E-state index contributed by atoms with van der Waals surface area (Å²) in [7, 11) is 4.16. The van der Waals surface area contributed by atoms with Gasteiger partial charge < -0.3 is 0 Å². The van der Waals surface area contributed by atoms with Crippen molar-refractivity contribution < 1.29 is 51.5 Å². The molecule has 0 fully saturated rings. The number of rotatable bonds is 3. The van der Waals surface area contributed by atoms with Crippen LogP contribution in [-0.4, -0.2) is 7.14 Å². The Morgan fingerprint density at radius 2 is 2.00 bits per heavy atom. The molecule has 0 spiro atoms. The van der Waals surface area contributed by atoms with E-state index in [1.807, 2.05) is 0 Å². The van der Waals surface area contributed by atoms with Crippen LogP contribution in [-0.2, 0) is 0 Å². The van der Waals surface area contributed by atoms with Crippen molar-refractivity contribution in [2.45, 2.75) is 17.3 Å². The minimum absolute atomic E-state index is 0.0875. The van der Waals surface area contributed by atoms with Crippen molar-refractivity contribution >= 4 is 11.3 Å². The van der Waals surface area contributed by atoms with E-state index in [1.165, 1.54) is 0 Å². The second-order valence-corrected chi connectivity index (χ2v) is 11.7. The predicted molar refractivity (Wildman–Crippen MR) is 45.4 cm³/mol. The molecule has 1 nitrogen and oxygen atoms in total. The average Bonchev–Trinajstić information content (AvgIpc) is 1.82. The molecule has 0 aliphatic heterocycles. The molecule has 0 saturated heterocycles. The van der Waals surface area contributed by atoms with E-state index in [0.717, 1.165) is 0 Å². The first-order valence-corrected chi connectivity index (χ1v) is 13.6. The first-order valence-electron chi connectivity index (χ1n) is 3.25. The molecular weight excluding hydrogens is 536 g/mol. The number of hydrogen-bond donors (Lipinski definition) is 1. The molecule has 0 amide bonds. The van der Waals surface area contributed by atoms with Crippen LogP contribution >= 0.6 is 7.62 Å². The SMILES string of the molecule is C=CC(=N)[I-]C([CH2-])(C)C.[F][U]([F])[Cl]. The van der Waals surface area contributed by atoms with Gasteiger partial charge in [-0.3, -0.25) is 0 Å². The third-order valence-corrected chi connectivity index (χ3v) is 3.02. The van der Waals surface area contributed by atoms with Gasteiger partial charge in [0, 0.05) is 0 Å². The minimum atomic E-state index is -4.25. The van der Waals surface area contributed by atoms with E-state index in [0.29, 0.717) is 3.72 Å².